The van der Waals surface area contributed by atoms with E-state index in [9.17, 15) is 9.59 Å². The molecule has 0 aliphatic carbocycles. The molecule has 1 aromatic carbocycles. The molecule has 1 aromatic rings. The van der Waals surface area contributed by atoms with E-state index in [0.717, 1.165) is 4.90 Å². The molecular weight excluding hydrogens is 198 g/mol. The summed E-state index contributed by atoms with van der Waals surface area (Å²) in [6.07, 6.45) is 0. The average molecular weight is 209 g/mol. The Labute approximate surface area is 86.1 Å². The van der Waals surface area contributed by atoms with Crippen LogP contribution in [-0.4, -0.2) is 24.2 Å². The maximum absolute atomic E-state index is 10.9. The minimum absolute atomic E-state index is 0.0590. The average Bonchev–Trinajstić information content (AvgIpc) is 2.16. The minimum Gasteiger partial charge on any atom is -0.478 e. The number of benzene rings is 1. The van der Waals surface area contributed by atoms with Gasteiger partial charge in [0.2, 0.25) is 0 Å². The van der Waals surface area contributed by atoms with Gasteiger partial charge in [0.25, 0.3) is 0 Å². The first-order valence-corrected chi connectivity index (χ1v) is 4.09. The van der Waals surface area contributed by atoms with Crippen LogP contribution >= 0.6 is 0 Å². The van der Waals surface area contributed by atoms with E-state index in [1.807, 2.05) is 0 Å². The van der Waals surface area contributed by atoms with Gasteiger partial charge in [-0.05, 0) is 18.2 Å². The molecule has 5 N–H and O–H groups in total. The molecule has 0 aliphatic heterocycles. The van der Waals surface area contributed by atoms with Crippen molar-refractivity contribution in [2.45, 2.75) is 0 Å². The molecule has 0 fully saturated rings. The number of urea groups is 1. The third kappa shape index (κ3) is 2.16. The van der Waals surface area contributed by atoms with Crippen molar-refractivity contribution in [2.24, 2.45) is 5.73 Å². The summed E-state index contributed by atoms with van der Waals surface area (Å²) < 4.78 is 0. The van der Waals surface area contributed by atoms with Crippen molar-refractivity contribution in [1.29, 1.82) is 0 Å². The van der Waals surface area contributed by atoms with Crippen molar-refractivity contribution in [3.8, 4) is 0 Å². The van der Waals surface area contributed by atoms with Gasteiger partial charge in [0.15, 0.2) is 0 Å². The summed E-state index contributed by atoms with van der Waals surface area (Å²) in [5.74, 6) is -1.16. The zero-order valence-electron chi connectivity index (χ0n) is 8.10. The molecular formula is C9H11N3O3. The fraction of sp³-hybridized carbons (Fsp3) is 0.111. The zero-order chi connectivity index (χ0) is 11.6. The summed E-state index contributed by atoms with van der Waals surface area (Å²) >= 11 is 0. The van der Waals surface area contributed by atoms with E-state index in [-0.39, 0.29) is 11.3 Å². The van der Waals surface area contributed by atoms with E-state index in [1.165, 1.54) is 25.2 Å². The fourth-order valence-corrected chi connectivity index (χ4v) is 1.14. The standard InChI is InChI=1S/C9H11N3O3/c1-12(9(11)15)7-3-2-5(10)4-6(7)8(13)14/h2-4H,10H2,1H3,(H2,11,15)(H,13,14). The van der Waals surface area contributed by atoms with Gasteiger partial charge in [0.1, 0.15) is 0 Å². The molecule has 0 spiro atoms. The van der Waals surface area contributed by atoms with Crippen molar-refractivity contribution in [3.05, 3.63) is 23.8 Å². The Morgan fingerprint density at radius 1 is 1.40 bits per heavy atom. The Hall–Kier alpha value is -2.24. The maximum atomic E-state index is 10.9. The van der Waals surface area contributed by atoms with Gasteiger partial charge in [-0.1, -0.05) is 0 Å². The van der Waals surface area contributed by atoms with Crippen molar-refractivity contribution in [1.82, 2.24) is 0 Å². The molecule has 6 heteroatoms. The Morgan fingerprint density at radius 2 is 2.00 bits per heavy atom. The van der Waals surface area contributed by atoms with Gasteiger partial charge in [-0.15, -0.1) is 0 Å². The minimum atomic E-state index is -1.16. The predicted octanol–water partition coefficient (Wildman–Crippen LogP) is 0.482. The molecule has 2 amide bonds. The molecule has 0 unspecified atom stereocenters. The lowest BCUT2D eigenvalue weighted by Gasteiger charge is -2.16. The number of nitrogens with zero attached hydrogens (tertiary/aromatic N) is 1. The number of hydrogen-bond acceptors (Lipinski definition) is 3. The Balaban J connectivity index is 3.28. The van der Waals surface area contributed by atoms with E-state index in [4.69, 9.17) is 16.6 Å². The quantitative estimate of drug-likeness (QED) is 0.615. The van der Waals surface area contributed by atoms with Gasteiger partial charge >= 0.3 is 12.0 Å². The summed E-state index contributed by atoms with van der Waals surface area (Å²) in [4.78, 5) is 22.8. The van der Waals surface area contributed by atoms with Crippen LogP contribution in [0.3, 0.4) is 0 Å². The predicted molar refractivity (Wildman–Crippen MR) is 55.8 cm³/mol. The van der Waals surface area contributed by atoms with E-state index in [2.05, 4.69) is 0 Å². The van der Waals surface area contributed by atoms with Crippen molar-refractivity contribution >= 4 is 23.4 Å². The number of nitrogens with two attached hydrogens (primary N) is 2. The number of aromatic carboxylic acids is 1. The second kappa shape index (κ2) is 3.87. The van der Waals surface area contributed by atoms with Crippen LogP contribution in [0.15, 0.2) is 18.2 Å². The lowest BCUT2D eigenvalue weighted by atomic mass is 10.1. The molecule has 0 atom stereocenters. The van der Waals surface area contributed by atoms with Gasteiger partial charge in [-0.25, -0.2) is 9.59 Å². The summed E-state index contributed by atoms with van der Waals surface area (Å²) in [6.45, 7) is 0. The van der Waals surface area contributed by atoms with Crippen LogP contribution in [0.5, 0.6) is 0 Å². The van der Waals surface area contributed by atoms with Gasteiger partial charge in [0, 0.05) is 12.7 Å². The summed E-state index contributed by atoms with van der Waals surface area (Å²) in [7, 11) is 1.39. The highest BCUT2D eigenvalue weighted by Crippen LogP contribution is 2.22. The van der Waals surface area contributed by atoms with Gasteiger partial charge in [-0.3, -0.25) is 4.90 Å². The molecule has 1 rings (SSSR count). The number of carboxylic acids is 1. The lowest BCUT2D eigenvalue weighted by molar-refractivity contribution is 0.0698. The van der Waals surface area contributed by atoms with Crippen LogP contribution in [0.25, 0.3) is 0 Å². The van der Waals surface area contributed by atoms with Gasteiger partial charge < -0.3 is 16.6 Å². The van der Waals surface area contributed by atoms with E-state index in [1.54, 1.807) is 0 Å². The maximum Gasteiger partial charge on any atom is 0.337 e. The van der Waals surface area contributed by atoms with E-state index < -0.39 is 12.0 Å². The Morgan fingerprint density at radius 3 is 2.47 bits per heavy atom. The van der Waals surface area contributed by atoms with Crippen LogP contribution in [0.2, 0.25) is 0 Å². The largest absolute Gasteiger partial charge is 0.478 e. The molecule has 0 bridgehead atoms. The molecule has 0 aliphatic rings. The van der Waals surface area contributed by atoms with Crippen LogP contribution < -0.4 is 16.4 Å². The summed E-state index contributed by atoms with van der Waals surface area (Å²) in [5, 5.41) is 8.89. The zero-order valence-corrected chi connectivity index (χ0v) is 8.10. The van der Waals surface area contributed by atoms with Crippen molar-refractivity contribution < 1.29 is 14.7 Å². The van der Waals surface area contributed by atoms with Gasteiger partial charge in [0.05, 0.1) is 11.3 Å². The van der Waals surface area contributed by atoms with Crippen molar-refractivity contribution in [2.75, 3.05) is 17.7 Å². The monoisotopic (exact) mass is 209 g/mol. The number of nitrogen functional groups attached to an aromatic ring is 1. The SMILES string of the molecule is CN(C(N)=O)c1ccc(N)cc1C(=O)O. The number of rotatable bonds is 2. The third-order valence-electron chi connectivity index (χ3n) is 1.94. The number of carbonyl (C=O) groups excluding carboxylic acids is 1. The number of primary amides is 1. The second-order valence-electron chi connectivity index (χ2n) is 2.98. The van der Waals surface area contributed by atoms with E-state index in [0.29, 0.717) is 5.69 Å². The molecule has 0 aromatic heterocycles. The molecule has 80 valence electrons. The number of hydrogen-bond donors (Lipinski definition) is 3. The number of anilines is 2. The number of carbonyl (C=O) groups is 2. The smallest absolute Gasteiger partial charge is 0.337 e. The normalized spacial score (nSPS) is 9.67. The summed E-state index contributed by atoms with van der Waals surface area (Å²) in [6, 6.07) is 3.48. The van der Waals surface area contributed by atoms with Crippen molar-refractivity contribution in [3.63, 3.8) is 0 Å². The highest BCUT2D eigenvalue weighted by molar-refractivity contribution is 6.01. The number of amides is 2. The molecule has 0 saturated heterocycles. The third-order valence-corrected chi connectivity index (χ3v) is 1.94. The highest BCUT2D eigenvalue weighted by atomic mass is 16.4. The Bertz CT molecular complexity index is 417. The first-order valence-electron chi connectivity index (χ1n) is 4.09. The molecule has 15 heavy (non-hydrogen) atoms. The summed E-state index contributed by atoms with van der Waals surface area (Å²) in [5.41, 5.74) is 10.9. The first kappa shape index (κ1) is 10.8. The molecule has 6 nitrogen and oxygen atoms in total. The molecule has 0 radical (unpaired) electrons. The van der Waals surface area contributed by atoms with Gasteiger partial charge in [-0.2, -0.15) is 0 Å². The topological polar surface area (TPSA) is 110 Å². The fourth-order valence-electron chi connectivity index (χ4n) is 1.14. The Kier molecular flexibility index (Phi) is 2.80. The first-order chi connectivity index (χ1) is 6.93. The highest BCUT2D eigenvalue weighted by Gasteiger charge is 2.16. The van der Waals surface area contributed by atoms with Crippen LogP contribution in [0.1, 0.15) is 10.4 Å². The number of carboxylic acid groups (broad SMARTS) is 1. The van der Waals surface area contributed by atoms with Crippen LogP contribution in [0.4, 0.5) is 16.2 Å². The van der Waals surface area contributed by atoms with Crippen LogP contribution in [-0.2, 0) is 0 Å². The van der Waals surface area contributed by atoms with Crippen LogP contribution in [0, 0.1) is 0 Å². The second-order valence-corrected chi connectivity index (χ2v) is 2.98. The molecule has 0 saturated carbocycles. The van der Waals surface area contributed by atoms with E-state index >= 15 is 0 Å². The lowest BCUT2D eigenvalue weighted by Crippen LogP contribution is -2.33. The molecule has 0 heterocycles.